The second kappa shape index (κ2) is 13.4. The maximum Gasteiger partial charge on any atom is 0.160 e. The van der Waals surface area contributed by atoms with Gasteiger partial charge < -0.3 is 4.42 Å². The molecule has 2 aliphatic rings. The van der Waals surface area contributed by atoms with E-state index < -0.39 is 5.41 Å². The molecule has 0 saturated carbocycles. The highest BCUT2D eigenvalue weighted by Gasteiger charge is 2.50. The molecule has 288 valence electrons. The molecule has 0 bridgehead atoms. The lowest BCUT2D eigenvalue weighted by Crippen LogP contribution is -2.29. The van der Waals surface area contributed by atoms with E-state index in [4.69, 9.17) is 24.4 Å². The van der Waals surface area contributed by atoms with E-state index in [1.807, 2.05) is 73.1 Å². The monoisotopic (exact) mass is 790 g/mol. The van der Waals surface area contributed by atoms with Gasteiger partial charge in [0.1, 0.15) is 11.2 Å². The van der Waals surface area contributed by atoms with Crippen LogP contribution >= 0.6 is 0 Å². The van der Waals surface area contributed by atoms with Crippen molar-refractivity contribution >= 4 is 21.9 Å². The minimum absolute atomic E-state index is 0.625. The molecule has 0 fully saturated rings. The molecule has 0 radical (unpaired) electrons. The lowest BCUT2D eigenvalue weighted by molar-refractivity contribution is 0.668. The molecule has 0 aliphatic heterocycles. The van der Waals surface area contributed by atoms with E-state index in [1.165, 1.54) is 55.6 Å². The third-order valence-corrected chi connectivity index (χ3v) is 12.8. The zero-order chi connectivity index (χ0) is 40.8. The molecule has 3 aromatic heterocycles. The van der Waals surface area contributed by atoms with Crippen LogP contribution in [0.3, 0.4) is 0 Å². The number of aromatic nitrogens is 4. The summed E-state index contributed by atoms with van der Waals surface area (Å²) < 4.78 is 6.56. The summed E-state index contributed by atoms with van der Waals surface area (Å²) in [4.78, 5) is 20.2. The van der Waals surface area contributed by atoms with E-state index in [1.54, 1.807) is 0 Å². The van der Waals surface area contributed by atoms with Gasteiger partial charge in [-0.3, -0.25) is 0 Å². The Labute approximate surface area is 357 Å². The third-order valence-electron chi connectivity index (χ3n) is 12.8. The number of nitrogens with zero attached hydrogens (tertiary/aromatic N) is 4. The molecule has 1 spiro atoms. The first kappa shape index (κ1) is 34.6. The summed E-state index contributed by atoms with van der Waals surface area (Å²) in [5, 5.41) is 2.21. The van der Waals surface area contributed by atoms with Gasteiger partial charge in [0.2, 0.25) is 0 Å². The predicted octanol–water partition coefficient (Wildman–Crippen LogP) is 13.8. The standard InChI is InChI=1S/C57H34N4O/c1-3-15-35(16-4-1)51-32-52(38-33-58-55(59-34-38)36-17-5-2-6-18-36)61-56(60-51)37-27-28-43-40-20-8-7-19-39(40)41-21-9-12-24-47(41)57(49(43)29-37)48-25-13-10-22-42(48)45-31-54-46(30-50(45)57)44-23-11-14-26-53(44)62-54/h1-34H. The van der Waals surface area contributed by atoms with Crippen molar-refractivity contribution in [3.63, 3.8) is 0 Å². The molecule has 13 rings (SSSR count). The Morgan fingerprint density at radius 2 is 0.871 bits per heavy atom. The molecule has 5 nitrogen and oxygen atoms in total. The summed E-state index contributed by atoms with van der Waals surface area (Å²) in [6.45, 7) is 0. The van der Waals surface area contributed by atoms with Gasteiger partial charge in [-0.2, -0.15) is 0 Å². The largest absolute Gasteiger partial charge is 0.456 e. The molecule has 0 N–H and O–H groups in total. The SMILES string of the molecule is c1ccc(-c2cc(-c3cnc(-c4ccccc4)nc3)nc(-c3ccc4c(c3)C3(c5ccccc5-c5ccccc5-4)c4ccccc4-c4cc5oc6ccccc6c5cc43)n2)cc1. The Bertz CT molecular complexity index is 3580. The molecular formula is C57H34N4O. The number of para-hydroxylation sites is 1. The third kappa shape index (κ3) is 5.02. The van der Waals surface area contributed by atoms with Gasteiger partial charge in [0, 0.05) is 45.4 Å². The number of fused-ring (bicyclic) bond motifs is 15. The zero-order valence-corrected chi connectivity index (χ0v) is 33.3. The van der Waals surface area contributed by atoms with E-state index in [9.17, 15) is 0 Å². The van der Waals surface area contributed by atoms with E-state index in [-0.39, 0.29) is 0 Å². The quantitative estimate of drug-likeness (QED) is 0.178. The van der Waals surface area contributed by atoms with Crippen molar-refractivity contribution in [2.45, 2.75) is 5.41 Å². The summed E-state index contributed by atoms with van der Waals surface area (Å²) in [6, 6.07) is 69.0. The van der Waals surface area contributed by atoms with Gasteiger partial charge in [-0.25, -0.2) is 19.9 Å². The first-order valence-corrected chi connectivity index (χ1v) is 20.9. The molecule has 3 heterocycles. The van der Waals surface area contributed by atoms with Crippen LogP contribution in [0.4, 0.5) is 0 Å². The van der Waals surface area contributed by atoms with Crippen LogP contribution in [-0.2, 0) is 5.41 Å². The van der Waals surface area contributed by atoms with Gasteiger partial charge in [-0.15, -0.1) is 0 Å². The molecule has 5 heteroatoms. The summed E-state index contributed by atoms with van der Waals surface area (Å²) in [5.74, 6) is 1.29. The highest BCUT2D eigenvalue weighted by Crippen LogP contribution is 2.62. The Morgan fingerprint density at radius 3 is 1.58 bits per heavy atom. The molecule has 2 aliphatic carbocycles. The summed E-state index contributed by atoms with van der Waals surface area (Å²) >= 11 is 0. The topological polar surface area (TPSA) is 64.7 Å². The van der Waals surface area contributed by atoms with Crippen LogP contribution in [0.15, 0.2) is 211 Å². The second-order valence-corrected chi connectivity index (χ2v) is 16.1. The van der Waals surface area contributed by atoms with Crippen LogP contribution in [0.1, 0.15) is 22.3 Å². The molecule has 1 unspecified atom stereocenters. The molecule has 1 atom stereocenters. The van der Waals surface area contributed by atoms with Gasteiger partial charge in [0.25, 0.3) is 0 Å². The van der Waals surface area contributed by atoms with Crippen LogP contribution < -0.4 is 0 Å². The maximum absolute atomic E-state index is 6.56. The van der Waals surface area contributed by atoms with Crippen molar-refractivity contribution < 1.29 is 4.42 Å². The predicted molar refractivity (Wildman–Crippen MR) is 248 cm³/mol. The van der Waals surface area contributed by atoms with Gasteiger partial charge in [0.15, 0.2) is 11.6 Å². The zero-order valence-electron chi connectivity index (χ0n) is 33.3. The van der Waals surface area contributed by atoms with Crippen LogP contribution in [0.25, 0.3) is 101 Å². The first-order chi connectivity index (χ1) is 30.7. The number of benzene rings is 8. The molecule has 62 heavy (non-hydrogen) atoms. The number of hydrogen-bond acceptors (Lipinski definition) is 5. The van der Waals surface area contributed by atoms with Crippen molar-refractivity contribution in [2.75, 3.05) is 0 Å². The van der Waals surface area contributed by atoms with Crippen molar-refractivity contribution in [1.82, 2.24) is 19.9 Å². The van der Waals surface area contributed by atoms with Crippen molar-refractivity contribution in [2.24, 2.45) is 0 Å². The number of rotatable bonds is 4. The van der Waals surface area contributed by atoms with E-state index in [0.29, 0.717) is 11.6 Å². The second-order valence-electron chi connectivity index (χ2n) is 16.1. The summed E-state index contributed by atoms with van der Waals surface area (Å²) in [7, 11) is 0. The molecular weight excluding hydrogens is 757 g/mol. The Morgan fingerprint density at radius 1 is 0.323 bits per heavy atom. The van der Waals surface area contributed by atoms with Crippen molar-refractivity contribution in [1.29, 1.82) is 0 Å². The molecule has 11 aromatic rings. The Hall–Kier alpha value is -8.28. The highest BCUT2D eigenvalue weighted by molar-refractivity contribution is 6.09. The van der Waals surface area contributed by atoms with Crippen LogP contribution in [0.2, 0.25) is 0 Å². The Balaban J connectivity index is 1.10. The van der Waals surface area contributed by atoms with Gasteiger partial charge >= 0.3 is 0 Å². The Kier molecular flexibility index (Phi) is 7.45. The van der Waals surface area contributed by atoms with Gasteiger partial charge in [0.05, 0.1) is 16.8 Å². The fraction of sp³-hybridized carbons (Fsp3) is 0.0175. The van der Waals surface area contributed by atoms with E-state index in [0.717, 1.165) is 55.6 Å². The molecule has 8 aromatic carbocycles. The van der Waals surface area contributed by atoms with Crippen LogP contribution in [-0.4, -0.2) is 19.9 Å². The van der Waals surface area contributed by atoms with E-state index in [2.05, 4.69) is 133 Å². The fourth-order valence-corrected chi connectivity index (χ4v) is 10.1. The van der Waals surface area contributed by atoms with Crippen molar-refractivity contribution in [3.8, 4) is 78.7 Å². The number of furan rings is 1. The normalized spacial score (nSPS) is 14.5. The first-order valence-electron chi connectivity index (χ1n) is 20.9. The molecule has 0 saturated heterocycles. The minimum Gasteiger partial charge on any atom is -0.456 e. The highest BCUT2D eigenvalue weighted by atomic mass is 16.3. The maximum atomic E-state index is 6.56. The van der Waals surface area contributed by atoms with Crippen LogP contribution in [0.5, 0.6) is 0 Å². The van der Waals surface area contributed by atoms with E-state index >= 15 is 0 Å². The summed E-state index contributed by atoms with van der Waals surface area (Å²) in [6.07, 6.45) is 3.73. The van der Waals surface area contributed by atoms with Gasteiger partial charge in [-0.05, 0) is 86.0 Å². The number of hydrogen-bond donors (Lipinski definition) is 0. The minimum atomic E-state index is -0.708. The smallest absolute Gasteiger partial charge is 0.160 e. The van der Waals surface area contributed by atoms with Gasteiger partial charge in [-0.1, -0.05) is 164 Å². The molecule has 0 amide bonds. The summed E-state index contributed by atoms with van der Waals surface area (Å²) in [5.41, 5.74) is 18.4. The fourth-order valence-electron chi connectivity index (χ4n) is 10.1. The van der Waals surface area contributed by atoms with Crippen molar-refractivity contribution in [3.05, 3.63) is 229 Å². The lowest BCUT2D eigenvalue weighted by atomic mass is 9.65. The average molecular weight is 791 g/mol. The average Bonchev–Trinajstić information content (AvgIpc) is 3.83. The van der Waals surface area contributed by atoms with Crippen LogP contribution in [0, 0.1) is 0 Å². The lowest BCUT2D eigenvalue weighted by Gasteiger charge is -2.35.